The molecule has 2 aliphatic heterocycles. The van der Waals surface area contributed by atoms with Crippen LogP contribution in [0.4, 0.5) is 0 Å². The van der Waals surface area contributed by atoms with E-state index in [1.54, 1.807) is 5.12 Å². The van der Waals surface area contributed by atoms with Crippen molar-refractivity contribution in [2.75, 3.05) is 12.5 Å². The van der Waals surface area contributed by atoms with Gasteiger partial charge < -0.3 is 4.74 Å². The minimum absolute atomic E-state index is 0.0678. The van der Waals surface area contributed by atoms with E-state index in [1.165, 1.54) is 6.42 Å². The van der Waals surface area contributed by atoms with Crippen LogP contribution in [-0.2, 0) is 4.74 Å². The highest BCUT2D eigenvalue weighted by Crippen LogP contribution is 2.14. The molecule has 0 amide bonds. The first kappa shape index (κ1) is 9.05. The summed E-state index contributed by atoms with van der Waals surface area (Å²) in [6.07, 6.45) is 3.43. The van der Waals surface area contributed by atoms with Crippen molar-refractivity contribution < 1.29 is 4.74 Å². The van der Waals surface area contributed by atoms with Crippen molar-refractivity contribution in [3.63, 3.8) is 0 Å². The molecule has 1 fully saturated rings. The van der Waals surface area contributed by atoms with Crippen LogP contribution in [0.25, 0.3) is 0 Å². The number of halogens is 1. The summed E-state index contributed by atoms with van der Waals surface area (Å²) in [6, 6.07) is 0. The average Bonchev–Trinajstić information content (AvgIpc) is 2.67. The van der Waals surface area contributed by atoms with E-state index in [1.807, 2.05) is 0 Å². The van der Waals surface area contributed by atoms with Crippen LogP contribution < -0.4 is 11.0 Å². The van der Waals surface area contributed by atoms with Crippen molar-refractivity contribution in [3.05, 3.63) is 0 Å². The Morgan fingerprint density at radius 3 is 3.15 bits per heavy atom. The van der Waals surface area contributed by atoms with E-state index in [2.05, 4.69) is 16.1 Å². The Morgan fingerprint density at radius 2 is 2.54 bits per heavy atom. The zero-order valence-electron chi connectivity index (χ0n) is 7.29. The van der Waals surface area contributed by atoms with E-state index >= 15 is 0 Å². The van der Waals surface area contributed by atoms with Crippen molar-refractivity contribution in [1.82, 2.24) is 16.1 Å². The molecule has 13 heavy (non-hydrogen) atoms. The van der Waals surface area contributed by atoms with Crippen LogP contribution in [0.1, 0.15) is 19.3 Å². The third kappa shape index (κ3) is 2.04. The summed E-state index contributed by atoms with van der Waals surface area (Å²) in [6.45, 7) is 0.820. The number of hydrazine groups is 2. The number of hydrogen-bond acceptors (Lipinski definition) is 5. The van der Waals surface area contributed by atoms with Crippen molar-refractivity contribution >= 4 is 17.4 Å². The monoisotopic (exact) mass is 204 g/mol. The molecule has 2 rings (SSSR count). The van der Waals surface area contributed by atoms with Gasteiger partial charge in [-0.1, -0.05) is 5.12 Å². The molecular formula is C7H13ClN4O. The molecule has 0 radical (unpaired) electrons. The Morgan fingerprint density at radius 1 is 1.62 bits per heavy atom. The Labute approximate surface area is 82.0 Å². The number of alkyl halides is 1. The van der Waals surface area contributed by atoms with Crippen molar-refractivity contribution in [2.24, 2.45) is 5.10 Å². The number of rotatable bonds is 2. The summed E-state index contributed by atoms with van der Waals surface area (Å²) < 4.78 is 5.54. The fourth-order valence-electron chi connectivity index (χ4n) is 1.43. The summed E-state index contributed by atoms with van der Waals surface area (Å²) in [5, 5.41) is 5.74. The molecule has 2 N–H and O–H groups in total. The largest absolute Gasteiger partial charge is 0.359 e. The van der Waals surface area contributed by atoms with Crippen LogP contribution in [0.2, 0.25) is 0 Å². The Kier molecular flexibility index (Phi) is 2.87. The van der Waals surface area contributed by atoms with Gasteiger partial charge >= 0.3 is 0 Å². The number of hydrogen-bond donors (Lipinski definition) is 2. The minimum Gasteiger partial charge on any atom is -0.359 e. The molecule has 0 aliphatic carbocycles. The third-order valence-electron chi connectivity index (χ3n) is 2.11. The highest BCUT2D eigenvalue weighted by molar-refractivity contribution is 6.28. The second-order valence-electron chi connectivity index (χ2n) is 3.10. The molecule has 2 aliphatic rings. The summed E-state index contributed by atoms with van der Waals surface area (Å²) in [4.78, 5) is 0. The van der Waals surface area contributed by atoms with Gasteiger partial charge in [0.05, 0.1) is 5.88 Å². The molecular weight excluding hydrogens is 192 g/mol. The fraction of sp³-hybridized carbons (Fsp3) is 0.857. The first-order valence-electron chi connectivity index (χ1n) is 4.46. The van der Waals surface area contributed by atoms with Crippen LogP contribution >= 0.6 is 11.6 Å². The fourth-order valence-corrected chi connectivity index (χ4v) is 1.55. The predicted molar refractivity (Wildman–Crippen MR) is 49.9 cm³/mol. The first-order valence-corrected chi connectivity index (χ1v) is 4.99. The number of nitrogens with zero attached hydrogens (tertiary/aromatic N) is 2. The predicted octanol–water partition coefficient (Wildman–Crippen LogP) is 0.390. The summed E-state index contributed by atoms with van der Waals surface area (Å²) in [5.74, 6) is 1.12. The molecule has 0 aromatic rings. The van der Waals surface area contributed by atoms with Gasteiger partial charge in [0.2, 0.25) is 0 Å². The number of amidine groups is 1. The van der Waals surface area contributed by atoms with Crippen LogP contribution in [0, 0.1) is 0 Å². The maximum atomic E-state index is 5.61. The number of hydrazone groups is 1. The summed E-state index contributed by atoms with van der Waals surface area (Å²) in [7, 11) is 0. The van der Waals surface area contributed by atoms with Crippen molar-refractivity contribution in [2.45, 2.75) is 25.5 Å². The lowest BCUT2D eigenvalue weighted by Crippen LogP contribution is -2.51. The van der Waals surface area contributed by atoms with Gasteiger partial charge in [0.1, 0.15) is 6.23 Å². The minimum atomic E-state index is 0.0678. The molecule has 74 valence electrons. The molecule has 0 aromatic heterocycles. The quantitative estimate of drug-likeness (QED) is 0.639. The molecule has 0 aromatic carbocycles. The molecule has 6 heteroatoms. The Balaban J connectivity index is 1.83. The van der Waals surface area contributed by atoms with Crippen LogP contribution in [0.3, 0.4) is 0 Å². The average molecular weight is 205 g/mol. The van der Waals surface area contributed by atoms with Gasteiger partial charge in [-0.25, -0.2) is 5.53 Å². The second-order valence-corrected chi connectivity index (χ2v) is 3.36. The van der Waals surface area contributed by atoms with Crippen molar-refractivity contribution in [3.8, 4) is 0 Å². The molecule has 0 saturated carbocycles. The zero-order chi connectivity index (χ0) is 9.10. The van der Waals surface area contributed by atoms with E-state index < -0.39 is 0 Å². The Bertz CT molecular complexity index is 205. The smallest absolute Gasteiger partial charge is 0.154 e. The van der Waals surface area contributed by atoms with Gasteiger partial charge in [0, 0.05) is 6.61 Å². The molecule has 2 heterocycles. The summed E-state index contributed by atoms with van der Waals surface area (Å²) >= 11 is 5.61. The zero-order valence-corrected chi connectivity index (χ0v) is 8.05. The van der Waals surface area contributed by atoms with Gasteiger partial charge in [-0.3, -0.25) is 5.43 Å². The molecule has 1 saturated heterocycles. The lowest BCUT2D eigenvalue weighted by atomic mass is 10.2. The maximum absolute atomic E-state index is 5.61. The highest BCUT2D eigenvalue weighted by Gasteiger charge is 2.25. The van der Waals surface area contributed by atoms with Gasteiger partial charge in [-0.2, -0.15) is 0 Å². The SMILES string of the molecule is ClCC1=NNN(C2CCCCO2)N1. The normalized spacial score (nSPS) is 29.3. The number of nitrogens with one attached hydrogen (secondary N) is 2. The first-order chi connectivity index (χ1) is 6.40. The lowest BCUT2D eigenvalue weighted by Gasteiger charge is -2.29. The topological polar surface area (TPSA) is 48.9 Å². The van der Waals surface area contributed by atoms with Gasteiger partial charge in [0.15, 0.2) is 5.84 Å². The summed E-state index contributed by atoms with van der Waals surface area (Å²) in [5.41, 5.74) is 5.85. The van der Waals surface area contributed by atoms with Gasteiger partial charge in [0.25, 0.3) is 0 Å². The second kappa shape index (κ2) is 4.13. The molecule has 0 spiro atoms. The van der Waals surface area contributed by atoms with E-state index in [9.17, 15) is 0 Å². The van der Waals surface area contributed by atoms with E-state index in [0.29, 0.717) is 5.88 Å². The maximum Gasteiger partial charge on any atom is 0.154 e. The van der Waals surface area contributed by atoms with Crippen LogP contribution in [-0.4, -0.2) is 29.7 Å². The third-order valence-corrected chi connectivity index (χ3v) is 2.37. The van der Waals surface area contributed by atoms with Crippen molar-refractivity contribution in [1.29, 1.82) is 0 Å². The molecule has 1 atom stereocenters. The van der Waals surface area contributed by atoms with Crippen LogP contribution in [0.15, 0.2) is 5.10 Å². The van der Waals surface area contributed by atoms with Gasteiger partial charge in [-0.15, -0.1) is 16.7 Å². The standard InChI is InChI=1S/C7H13ClN4O/c8-5-6-9-11-12(10-6)7-3-1-2-4-13-7/h7,11H,1-5H2,(H,9,10). The van der Waals surface area contributed by atoms with E-state index in [4.69, 9.17) is 16.3 Å². The van der Waals surface area contributed by atoms with Gasteiger partial charge in [-0.05, 0) is 19.3 Å². The van der Waals surface area contributed by atoms with E-state index in [-0.39, 0.29) is 6.23 Å². The molecule has 5 nitrogen and oxygen atoms in total. The van der Waals surface area contributed by atoms with E-state index in [0.717, 1.165) is 25.3 Å². The number of ether oxygens (including phenoxy) is 1. The van der Waals surface area contributed by atoms with Crippen LogP contribution in [0.5, 0.6) is 0 Å². The lowest BCUT2D eigenvalue weighted by molar-refractivity contribution is -0.116. The molecule has 0 bridgehead atoms. The highest BCUT2D eigenvalue weighted by atomic mass is 35.5. The molecule has 1 unspecified atom stereocenters. The Hall–Kier alpha value is -0.520.